The molecule has 1 N–H and O–H groups in total. The molecule has 0 amide bonds. The highest BCUT2D eigenvalue weighted by Crippen LogP contribution is 2.20. The molecule has 5 heteroatoms. The minimum Gasteiger partial charge on any atom is -0.337 e. The fraction of sp³-hybridized carbons (Fsp3) is 0.154. The van der Waals surface area contributed by atoms with Crippen molar-refractivity contribution in [3.8, 4) is 11.3 Å². The van der Waals surface area contributed by atoms with E-state index in [0.29, 0.717) is 10.8 Å². The van der Waals surface area contributed by atoms with E-state index in [1.165, 1.54) is 11.8 Å². The molecule has 1 heterocycles. The molecular formula is C13H14ClN3S. The van der Waals surface area contributed by atoms with E-state index in [-0.39, 0.29) is 0 Å². The Bertz CT molecular complexity index is 500. The molecule has 0 fully saturated rings. The number of anilines is 1. The Balaban J connectivity index is 0.000000771. The summed E-state index contributed by atoms with van der Waals surface area (Å²) in [6.07, 6.45) is 1.49. The van der Waals surface area contributed by atoms with Gasteiger partial charge in [0.15, 0.2) is 0 Å². The second-order valence-electron chi connectivity index (χ2n) is 3.06. The van der Waals surface area contributed by atoms with Gasteiger partial charge in [0, 0.05) is 16.7 Å². The van der Waals surface area contributed by atoms with Gasteiger partial charge in [-0.1, -0.05) is 49.8 Å². The van der Waals surface area contributed by atoms with Crippen molar-refractivity contribution in [2.24, 2.45) is 0 Å². The molecule has 0 aliphatic heterocycles. The molecule has 0 atom stereocenters. The van der Waals surface area contributed by atoms with Gasteiger partial charge in [-0.05, 0) is 12.1 Å². The first kappa shape index (κ1) is 14.5. The number of halogens is 1. The predicted molar refractivity (Wildman–Crippen MR) is 81.1 cm³/mol. The van der Waals surface area contributed by atoms with Crippen molar-refractivity contribution in [2.45, 2.75) is 13.8 Å². The van der Waals surface area contributed by atoms with E-state index in [1.54, 1.807) is 0 Å². The van der Waals surface area contributed by atoms with Gasteiger partial charge in [0.25, 0.3) is 0 Å². The maximum Gasteiger partial charge on any atom is 0.134 e. The second-order valence-corrected chi connectivity index (χ2v) is 3.73. The maximum atomic E-state index is 5.82. The zero-order chi connectivity index (χ0) is 13.4. The number of aromatic nitrogens is 2. The summed E-state index contributed by atoms with van der Waals surface area (Å²) in [5.74, 6) is 0.676. The molecule has 1 aromatic carbocycles. The fourth-order valence-corrected chi connectivity index (χ4v) is 1.52. The van der Waals surface area contributed by atoms with Crippen LogP contribution in [0.1, 0.15) is 13.8 Å². The fourth-order valence-electron chi connectivity index (χ4n) is 1.28. The Morgan fingerprint density at radius 2 is 1.83 bits per heavy atom. The first-order valence-corrected chi connectivity index (χ1v) is 6.43. The smallest absolute Gasteiger partial charge is 0.134 e. The lowest BCUT2D eigenvalue weighted by atomic mass is 10.1. The molecule has 0 radical (unpaired) electrons. The lowest BCUT2D eigenvalue weighted by Crippen LogP contribution is -1.96. The van der Waals surface area contributed by atoms with Gasteiger partial charge in [-0.2, -0.15) is 0 Å². The number of nitrogens with zero attached hydrogens (tertiary/aromatic N) is 2. The minimum atomic E-state index is 0.676. The maximum absolute atomic E-state index is 5.82. The summed E-state index contributed by atoms with van der Waals surface area (Å²) in [6, 6.07) is 9.29. The summed E-state index contributed by atoms with van der Waals surface area (Å²) >= 11 is 10.5. The largest absolute Gasteiger partial charge is 0.337 e. The average Bonchev–Trinajstić information content (AvgIpc) is 2.43. The Morgan fingerprint density at radius 1 is 1.17 bits per heavy atom. The van der Waals surface area contributed by atoms with E-state index in [1.807, 2.05) is 44.2 Å². The molecule has 3 nitrogen and oxygen atoms in total. The number of thiocarbonyl (C=S) groups is 1. The van der Waals surface area contributed by atoms with E-state index in [4.69, 9.17) is 23.8 Å². The van der Waals surface area contributed by atoms with Crippen molar-refractivity contribution < 1.29 is 0 Å². The SMILES string of the molecule is CC.S=CNc1cc(-c2ccc(Cl)cc2)ncn1. The van der Waals surface area contributed by atoms with E-state index in [2.05, 4.69) is 15.3 Å². The molecule has 0 bridgehead atoms. The van der Waals surface area contributed by atoms with E-state index >= 15 is 0 Å². The van der Waals surface area contributed by atoms with Crippen LogP contribution in [0.2, 0.25) is 5.02 Å². The van der Waals surface area contributed by atoms with Gasteiger partial charge in [0.05, 0.1) is 11.2 Å². The first-order valence-electron chi connectivity index (χ1n) is 5.58. The van der Waals surface area contributed by atoms with Gasteiger partial charge in [-0.25, -0.2) is 9.97 Å². The Morgan fingerprint density at radius 3 is 2.44 bits per heavy atom. The number of benzene rings is 1. The Hall–Kier alpha value is -1.52. The molecule has 18 heavy (non-hydrogen) atoms. The predicted octanol–water partition coefficient (Wildman–Crippen LogP) is 4.19. The van der Waals surface area contributed by atoms with Crippen molar-refractivity contribution >= 4 is 35.1 Å². The molecule has 0 aliphatic rings. The minimum absolute atomic E-state index is 0.676. The molecule has 0 aliphatic carbocycles. The monoisotopic (exact) mass is 279 g/mol. The van der Waals surface area contributed by atoms with Crippen LogP contribution in [0.25, 0.3) is 11.3 Å². The van der Waals surface area contributed by atoms with Gasteiger partial charge < -0.3 is 5.32 Å². The molecular weight excluding hydrogens is 266 g/mol. The van der Waals surface area contributed by atoms with Crippen molar-refractivity contribution in [1.82, 2.24) is 9.97 Å². The van der Waals surface area contributed by atoms with Crippen LogP contribution in [0, 0.1) is 0 Å². The molecule has 2 rings (SSSR count). The van der Waals surface area contributed by atoms with Crippen LogP contribution in [0.15, 0.2) is 36.7 Å². The Labute approximate surface area is 117 Å². The van der Waals surface area contributed by atoms with Crippen molar-refractivity contribution in [3.05, 3.63) is 41.7 Å². The standard InChI is InChI=1S/C11H8ClN3S.C2H6/c12-9-3-1-8(2-4-9)10-5-11(15-7-16)14-6-13-10;1-2/h1-7H,(H,13,14,15,16);1-2H3. The van der Waals surface area contributed by atoms with Crippen molar-refractivity contribution in [2.75, 3.05) is 5.32 Å². The molecule has 0 saturated heterocycles. The topological polar surface area (TPSA) is 37.8 Å². The van der Waals surface area contributed by atoms with Crippen LogP contribution in [-0.4, -0.2) is 15.5 Å². The average molecular weight is 280 g/mol. The molecule has 94 valence electrons. The van der Waals surface area contributed by atoms with Crippen molar-refractivity contribution in [1.29, 1.82) is 0 Å². The lowest BCUT2D eigenvalue weighted by Gasteiger charge is -2.03. The van der Waals surface area contributed by atoms with Gasteiger partial charge in [-0.3, -0.25) is 0 Å². The number of hydrogen-bond donors (Lipinski definition) is 1. The molecule has 0 saturated carbocycles. The van der Waals surface area contributed by atoms with Crippen molar-refractivity contribution in [3.63, 3.8) is 0 Å². The Kier molecular flexibility index (Phi) is 6.25. The normalized spacial score (nSPS) is 9.06. The van der Waals surface area contributed by atoms with Crippen LogP contribution in [-0.2, 0) is 0 Å². The summed E-state index contributed by atoms with van der Waals surface area (Å²) in [5.41, 5.74) is 3.22. The summed E-state index contributed by atoms with van der Waals surface area (Å²) in [5, 5.41) is 3.55. The third-order valence-electron chi connectivity index (χ3n) is 2.01. The number of rotatable bonds is 3. The lowest BCUT2D eigenvalue weighted by molar-refractivity contribution is 1.18. The quantitative estimate of drug-likeness (QED) is 0.855. The molecule has 2 aromatic rings. The van der Waals surface area contributed by atoms with Crippen LogP contribution < -0.4 is 5.32 Å². The zero-order valence-electron chi connectivity index (χ0n) is 10.2. The van der Waals surface area contributed by atoms with Gasteiger partial charge in [0.2, 0.25) is 0 Å². The van der Waals surface area contributed by atoms with E-state index in [9.17, 15) is 0 Å². The number of hydrogen-bond acceptors (Lipinski definition) is 3. The van der Waals surface area contributed by atoms with E-state index in [0.717, 1.165) is 11.3 Å². The summed E-state index contributed by atoms with van der Waals surface area (Å²) in [4.78, 5) is 8.21. The number of nitrogens with one attached hydrogen (secondary N) is 1. The second kappa shape index (κ2) is 7.74. The van der Waals surface area contributed by atoms with Crippen LogP contribution in [0.5, 0.6) is 0 Å². The third-order valence-corrected chi connectivity index (χ3v) is 2.38. The van der Waals surface area contributed by atoms with Crippen LogP contribution in [0.3, 0.4) is 0 Å². The highest BCUT2D eigenvalue weighted by molar-refractivity contribution is 7.79. The van der Waals surface area contributed by atoms with E-state index < -0.39 is 0 Å². The van der Waals surface area contributed by atoms with Crippen LogP contribution >= 0.6 is 23.8 Å². The molecule has 0 spiro atoms. The molecule has 0 unspecified atom stereocenters. The summed E-state index contributed by atoms with van der Waals surface area (Å²) in [7, 11) is 0. The highest BCUT2D eigenvalue weighted by atomic mass is 35.5. The molecule has 1 aromatic heterocycles. The highest BCUT2D eigenvalue weighted by Gasteiger charge is 2.00. The van der Waals surface area contributed by atoms with Crippen LogP contribution in [0.4, 0.5) is 5.82 Å². The van der Waals surface area contributed by atoms with Gasteiger partial charge in [-0.15, -0.1) is 0 Å². The third kappa shape index (κ3) is 4.05. The summed E-state index contributed by atoms with van der Waals surface area (Å²) in [6.45, 7) is 4.00. The zero-order valence-corrected chi connectivity index (χ0v) is 11.8. The van der Waals surface area contributed by atoms with Gasteiger partial charge >= 0.3 is 0 Å². The first-order chi connectivity index (χ1) is 8.79. The van der Waals surface area contributed by atoms with Gasteiger partial charge in [0.1, 0.15) is 12.1 Å². The summed E-state index contributed by atoms with van der Waals surface area (Å²) < 4.78 is 0.